The third-order valence-corrected chi connectivity index (χ3v) is 2.28. The van der Waals surface area contributed by atoms with Gasteiger partial charge in [-0.1, -0.05) is 5.16 Å². The van der Waals surface area contributed by atoms with E-state index in [-0.39, 0.29) is 19.2 Å². The van der Waals surface area contributed by atoms with Crippen LogP contribution < -0.4 is 9.47 Å². The SMILES string of the molecule is O=C1CC(c2ccc3c(c2)OCO3)=NO1. The van der Waals surface area contributed by atoms with Gasteiger partial charge in [-0.3, -0.25) is 0 Å². The smallest absolute Gasteiger partial charge is 0.341 e. The summed E-state index contributed by atoms with van der Waals surface area (Å²) in [5.74, 6) is 1.06. The molecule has 5 heteroatoms. The van der Waals surface area contributed by atoms with Crippen LogP contribution >= 0.6 is 0 Å². The predicted molar refractivity (Wildman–Crippen MR) is 49.8 cm³/mol. The van der Waals surface area contributed by atoms with Crippen molar-refractivity contribution in [2.75, 3.05) is 6.79 Å². The summed E-state index contributed by atoms with van der Waals surface area (Å²) >= 11 is 0. The number of nitrogens with zero attached hydrogens (tertiary/aromatic N) is 1. The van der Waals surface area contributed by atoms with Crippen molar-refractivity contribution < 1.29 is 19.1 Å². The maximum absolute atomic E-state index is 10.9. The molecule has 0 spiro atoms. The molecule has 2 aliphatic rings. The topological polar surface area (TPSA) is 57.1 Å². The van der Waals surface area contributed by atoms with Gasteiger partial charge in [0.15, 0.2) is 11.5 Å². The zero-order valence-electron chi connectivity index (χ0n) is 7.73. The monoisotopic (exact) mass is 205 g/mol. The van der Waals surface area contributed by atoms with E-state index in [0.717, 1.165) is 5.56 Å². The molecule has 5 nitrogen and oxygen atoms in total. The van der Waals surface area contributed by atoms with Crippen molar-refractivity contribution in [2.45, 2.75) is 6.42 Å². The lowest BCUT2D eigenvalue weighted by Crippen LogP contribution is -2.00. The molecule has 1 aromatic carbocycles. The van der Waals surface area contributed by atoms with E-state index >= 15 is 0 Å². The van der Waals surface area contributed by atoms with Gasteiger partial charge in [-0.05, 0) is 18.2 Å². The molecule has 0 saturated carbocycles. The Morgan fingerprint density at radius 1 is 1.20 bits per heavy atom. The predicted octanol–water partition coefficient (Wildman–Crippen LogP) is 1.07. The Hall–Kier alpha value is -2.04. The first-order valence-corrected chi connectivity index (χ1v) is 4.50. The van der Waals surface area contributed by atoms with Gasteiger partial charge in [0.1, 0.15) is 0 Å². The van der Waals surface area contributed by atoms with Crippen molar-refractivity contribution in [3.05, 3.63) is 23.8 Å². The number of ether oxygens (including phenoxy) is 2. The van der Waals surface area contributed by atoms with Crippen LogP contribution in [0.2, 0.25) is 0 Å². The van der Waals surface area contributed by atoms with Gasteiger partial charge in [-0.25, -0.2) is 4.79 Å². The molecule has 3 rings (SSSR count). The van der Waals surface area contributed by atoms with Crippen molar-refractivity contribution in [1.82, 2.24) is 0 Å². The Labute approximate surface area is 85.2 Å². The second kappa shape index (κ2) is 2.98. The fourth-order valence-corrected chi connectivity index (χ4v) is 1.54. The maximum Gasteiger partial charge on any atom is 0.341 e. The molecule has 0 saturated heterocycles. The Kier molecular flexibility index (Phi) is 1.65. The second-order valence-corrected chi connectivity index (χ2v) is 3.25. The quantitative estimate of drug-likeness (QED) is 0.643. The molecule has 76 valence electrons. The van der Waals surface area contributed by atoms with Gasteiger partial charge in [0.25, 0.3) is 0 Å². The number of rotatable bonds is 1. The highest BCUT2D eigenvalue weighted by molar-refractivity contribution is 6.11. The molecule has 0 atom stereocenters. The number of benzene rings is 1. The third-order valence-electron chi connectivity index (χ3n) is 2.28. The molecule has 1 aromatic rings. The summed E-state index contributed by atoms with van der Waals surface area (Å²) in [6, 6.07) is 5.42. The molecule has 0 bridgehead atoms. The van der Waals surface area contributed by atoms with Gasteiger partial charge < -0.3 is 14.3 Å². The zero-order valence-corrected chi connectivity index (χ0v) is 7.73. The van der Waals surface area contributed by atoms with Crippen LogP contribution in [0.1, 0.15) is 12.0 Å². The number of carbonyl (C=O) groups is 1. The summed E-state index contributed by atoms with van der Waals surface area (Å²) < 4.78 is 10.4. The summed E-state index contributed by atoms with van der Waals surface area (Å²) in [5, 5.41) is 3.68. The molecule has 2 heterocycles. The lowest BCUT2D eigenvalue weighted by atomic mass is 10.1. The lowest BCUT2D eigenvalue weighted by Gasteiger charge is -1.99. The summed E-state index contributed by atoms with van der Waals surface area (Å²) in [7, 11) is 0. The van der Waals surface area contributed by atoms with E-state index in [4.69, 9.17) is 9.47 Å². The highest BCUT2D eigenvalue weighted by Gasteiger charge is 2.21. The molecule has 0 radical (unpaired) electrons. The van der Waals surface area contributed by atoms with Crippen molar-refractivity contribution >= 4 is 11.7 Å². The van der Waals surface area contributed by atoms with Crippen molar-refractivity contribution in [1.29, 1.82) is 0 Å². The number of hydrogen-bond donors (Lipinski definition) is 0. The van der Waals surface area contributed by atoms with Gasteiger partial charge in [-0.15, -0.1) is 0 Å². The Morgan fingerprint density at radius 2 is 2.07 bits per heavy atom. The van der Waals surface area contributed by atoms with Crippen LogP contribution in [0, 0.1) is 0 Å². The molecular weight excluding hydrogens is 198 g/mol. The molecule has 0 N–H and O–H groups in total. The van der Waals surface area contributed by atoms with Crippen LogP contribution in [-0.4, -0.2) is 18.5 Å². The van der Waals surface area contributed by atoms with Crippen molar-refractivity contribution in [2.24, 2.45) is 5.16 Å². The van der Waals surface area contributed by atoms with Crippen LogP contribution in [-0.2, 0) is 9.63 Å². The fourth-order valence-electron chi connectivity index (χ4n) is 1.54. The fraction of sp³-hybridized carbons (Fsp3) is 0.200. The minimum absolute atomic E-state index is 0.208. The van der Waals surface area contributed by atoms with Gasteiger partial charge in [-0.2, -0.15) is 0 Å². The third kappa shape index (κ3) is 1.32. The van der Waals surface area contributed by atoms with E-state index in [1.165, 1.54) is 0 Å². The van der Waals surface area contributed by atoms with E-state index in [1.807, 2.05) is 6.07 Å². The second-order valence-electron chi connectivity index (χ2n) is 3.25. The largest absolute Gasteiger partial charge is 0.454 e. The minimum Gasteiger partial charge on any atom is -0.454 e. The molecule has 0 aliphatic carbocycles. The van der Waals surface area contributed by atoms with E-state index < -0.39 is 0 Å². The molecule has 0 fully saturated rings. The first-order chi connectivity index (χ1) is 7.33. The molecule has 0 aromatic heterocycles. The van der Waals surface area contributed by atoms with Crippen LogP contribution in [0.5, 0.6) is 11.5 Å². The Morgan fingerprint density at radius 3 is 2.87 bits per heavy atom. The highest BCUT2D eigenvalue weighted by Crippen LogP contribution is 2.33. The molecule has 0 amide bonds. The maximum atomic E-state index is 10.9. The van der Waals surface area contributed by atoms with Gasteiger partial charge >= 0.3 is 5.97 Å². The van der Waals surface area contributed by atoms with Crippen LogP contribution in [0.15, 0.2) is 23.4 Å². The number of hydrogen-bond acceptors (Lipinski definition) is 5. The van der Waals surface area contributed by atoms with E-state index in [9.17, 15) is 4.79 Å². The first kappa shape index (κ1) is 8.28. The molecule has 15 heavy (non-hydrogen) atoms. The van der Waals surface area contributed by atoms with E-state index in [2.05, 4.69) is 9.99 Å². The lowest BCUT2D eigenvalue weighted by molar-refractivity contribution is -0.140. The highest BCUT2D eigenvalue weighted by atomic mass is 16.7. The van der Waals surface area contributed by atoms with Gasteiger partial charge in [0, 0.05) is 5.56 Å². The summed E-state index contributed by atoms with van der Waals surface area (Å²) in [6.45, 7) is 0.237. The Bertz CT molecular complexity index is 466. The summed E-state index contributed by atoms with van der Waals surface area (Å²) in [4.78, 5) is 15.4. The standard InChI is InChI=1S/C10H7NO4/c12-10-4-7(11-15-10)6-1-2-8-9(3-6)14-5-13-8/h1-3H,4-5H2. The minimum atomic E-state index is -0.331. The van der Waals surface area contributed by atoms with Crippen LogP contribution in [0.4, 0.5) is 0 Å². The number of carbonyl (C=O) groups excluding carboxylic acids is 1. The summed E-state index contributed by atoms with van der Waals surface area (Å²) in [6.07, 6.45) is 0.208. The molecule has 0 unspecified atom stereocenters. The summed E-state index contributed by atoms with van der Waals surface area (Å²) in [5.41, 5.74) is 1.45. The Balaban J connectivity index is 1.96. The van der Waals surface area contributed by atoms with Crippen LogP contribution in [0.3, 0.4) is 0 Å². The average molecular weight is 205 g/mol. The first-order valence-electron chi connectivity index (χ1n) is 4.50. The molecular formula is C10H7NO4. The van der Waals surface area contributed by atoms with E-state index in [1.54, 1.807) is 12.1 Å². The van der Waals surface area contributed by atoms with Crippen molar-refractivity contribution in [3.63, 3.8) is 0 Å². The number of fused-ring (bicyclic) bond motifs is 1. The normalized spacial score (nSPS) is 17.6. The average Bonchev–Trinajstić information content (AvgIpc) is 2.84. The van der Waals surface area contributed by atoms with Gasteiger partial charge in [0.05, 0.1) is 12.1 Å². The molecule has 2 aliphatic heterocycles. The van der Waals surface area contributed by atoms with E-state index in [0.29, 0.717) is 17.2 Å². The zero-order chi connectivity index (χ0) is 10.3. The van der Waals surface area contributed by atoms with Gasteiger partial charge in [0.2, 0.25) is 6.79 Å². The number of oxime groups is 1. The van der Waals surface area contributed by atoms with Crippen LogP contribution in [0.25, 0.3) is 0 Å². The van der Waals surface area contributed by atoms with Crippen molar-refractivity contribution in [3.8, 4) is 11.5 Å².